The van der Waals surface area contributed by atoms with Crippen molar-refractivity contribution in [3.05, 3.63) is 40.4 Å². The Morgan fingerprint density at radius 3 is 2.55 bits per heavy atom. The molecule has 0 radical (unpaired) electrons. The number of carbonyl (C=O) groups is 1. The van der Waals surface area contributed by atoms with E-state index in [1.807, 2.05) is 30.3 Å². The third-order valence-corrected chi connectivity index (χ3v) is 4.34. The maximum absolute atomic E-state index is 12.8. The van der Waals surface area contributed by atoms with Gasteiger partial charge in [0.05, 0.1) is 0 Å². The Labute approximate surface area is 127 Å². The maximum atomic E-state index is 12.8. The highest BCUT2D eigenvalue weighted by Crippen LogP contribution is 2.41. The second-order valence-electron chi connectivity index (χ2n) is 6.56. The van der Waals surface area contributed by atoms with Gasteiger partial charge < -0.3 is 0 Å². The minimum absolute atomic E-state index is 0.176. The fourth-order valence-corrected chi connectivity index (χ4v) is 3.40. The van der Waals surface area contributed by atoms with Crippen molar-refractivity contribution in [2.24, 2.45) is 11.3 Å². The van der Waals surface area contributed by atoms with Gasteiger partial charge in [-0.15, -0.1) is 0 Å². The van der Waals surface area contributed by atoms with Gasteiger partial charge in [0.2, 0.25) is 0 Å². The summed E-state index contributed by atoms with van der Waals surface area (Å²) in [6.45, 7) is 6.51. The number of hydrogen-bond donors (Lipinski definition) is 0. The van der Waals surface area contributed by atoms with E-state index in [0.717, 1.165) is 41.8 Å². The fourth-order valence-electron chi connectivity index (χ4n) is 3.28. The van der Waals surface area contributed by atoms with E-state index < -0.39 is 0 Å². The molecule has 2 rings (SSSR count). The Bertz CT molecular complexity index is 513. The van der Waals surface area contributed by atoms with Crippen molar-refractivity contribution in [2.75, 3.05) is 0 Å². The van der Waals surface area contributed by atoms with Crippen molar-refractivity contribution in [3.63, 3.8) is 0 Å². The minimum atomic E-state index is -0.176. The summed E-state index contributed by atoms with van der Waals surface area (Å²) in [6.07, 6.45) is 6.03. The summed E-state index contributed by atoms with van der Waals surface area (Å²) in [5.74, 6) is 0.895. The summed E-state index contributed by atoms with van der Waals surface area (Å²) in [4.78, 5) is 12.8. The molecule has 1 aromatic rings. The smallest absolute Gasteiger partial charge is 0.164 e. The zero-order valence-corrected chi connectivity index (χ0v) is 13.3. The predicted molar refractivity (Wildman–Crippen MR) is 85.8 cm³/mol. The molecule has 1 aliphatic rings. The van der Waals surface area contributed by atoms with Crippen molar-refractivity contribution >= 4 is 23.5 Å². The molecule has 0 bridgehead atoms. The van der Waals surface area contributed by atoms with Crippen LogP contribution in [-0.4, -0.2) is 5.78 Å². The number of halogens is 1. The van der Waals surface area contributed by atoms with E-state index in [1.165, 1.54) is 0 Å². The van der Waals surface area contributed by atoms with E-state index in [4.69, 9.17) is 11.6 Å². The van der Waals surface area contributed by atoms with Crippen molar-refractivity contribution in [1.82, 2.24) is 0 Å². The molecule has 0 saturated heterocycles. The monoisotopic (exact) mass is 290 g/mol. The lowest BCUT2D eigenvalue weighted by molar-refractivity contribution is -0.126. The van der Waals surface area contributed by atoms with Gasteiger partial charge in [-0.05, 0) is 60.9 Å². The molecule has 2 heteroatoms. The normalized spacial score (nSPS) is 25.4. The third-order valence-electron chi connectivity index (χ3n) is 4.08. The van der Waals surface area contributed by atoms with Gasteiger partial charge in [0.1, 0.15) is 0 Å². The second-order valence-corrected chi connectivity index (χ2v) is 7.00. The molecule has 1 aromatic carbocycles. The molecule has 0 N–H and O–H groups in total. The number of ketones is 1. The number of allylic oxidation sites excluding steroid dienone is 1. The minimum Gasteiger partial charge on any atom is -0.294 e. The van der Waals surface area contributed by atoms with Gasteiger partial charge in [-0.2, -0.15) is 0 Å². The molecule has 1 atom stereocenters. The van der Waals surface area contributed by atoms with Crippen molar-refractivity contribution in [2.45, 2.75) is 46.5 Å². The fraction of sp³-hybridized carbons (Fsp3) is 0.500. The molecular weight excluding hydrogens is 268 g/mol. The molecule has 1 aliphatic carbocycles. The Morgan fingerprint density at radius 1 is 1.30 bits per heavy atom. The highest BCUT2D eigenvalue weighted by molar-refractivity contribution is 6.30. The molecule has 0 aliphatic heterocycles. The number of hydrogen-bond acceptors (Lipinski definition) is 1. The van der Waals surface area contributed by atoms with Crippen molar-refractivity contribution < 1.29 is 4.79 Å². The molecule has 1 saturated carbocycles. The molecule has 20 heavy (non-hydrogen) atoms. The summed E-state index contributed by atoms with van der Waals surface area (Å²) >= 11 is 5.90. The lowest BCUT2D eigenvalue weighted by atomic mass is 9.68. The van der Waals surface area contributed by atoms with Crippen LogP contribution in [0.1, 0.15) is 52.0 Å². The molecule has 108 valence electrons. The first-order chi connectivity index (χ1) is 9.40. The topological polar surface area (TPSA) is 17.1 Å². The van der Waals surface area contributed by atoms with E-state index in [1.54, 1.807) is 0 Å². The lowest BCUT2D eigenvalue weighted by Gasteiger charge is -2.34. The van der Waals surface area contributed by atoms with Crippen LogP contribution in [0.3, 0.4) is 0 Å². The standard InChI is InChI=1S/C18H23ClO/c1-13(2)12-18(3)10-4-5-15(17(18)20)11-14-6-8-16(19)9-7-14/h6-9,11,13H,4-5,10,12H2,1-3H3. The zero-order chi connectivity index (χ0) is 14.8. The van der Waals surface area contributed by atoms with E-state index in [2.05, 4.69) is 20.8 Å². The van der Waals surface area contributed by atoms with Gasteiger partial charge >= 0.3 is 0 Å². The Balaban J connectivity index is 2.24. The van der Waals surface area contributed by atoms with Gasteiger partial charge in [-0.1, -0.05) is 44.5 Å². The second kappa shape index (κ2) is 6.13. The number of rotatable bonds is 3. The largest absolute Gasteiger partial charge is 0.294 e. The van der Waals surface area contributed by atoms with Crippen LogP contribution in [0.15, 0.2) is 29.8 Å². The highest BCUT2D eigenvalue weighted by atomic mass is 35.5. The molecule has 0 amide bonds. The van der Waals surface area contributed by atoms with Crippen LogP contribution >= 0.6 is 11.6 Å². The van der Waals surface area contributed by atoms with Gasteiger partial charge in [-0.25, -0.2) is 0 Å². The molecule has 1 nitrogen and oxygen atoms in total. The van der Waals surface area contributed by atoms with E-state index in [0.29, 0.717) is 11.7 Å². The van der Waals surface area contributed by atoms with Crippen LogP contribution < -0.4 is 0 Å². The van der Waals surface area contributed by atoms with Crippen LogP contribution in [0, 0.1) is 11.3 Å². The summed E-state index contributed by atoms with van der Waals surface area (Å²) in [7, 11) is 0. The van der Waals surface area contributed by atoms with Crippen LogP contribution in [0.2, 0.25) is 5.02 Å². The first kappa shape index (κ1) is 15.3. The van der Waals surface area contributed by atoms with E-state index in [9.17, 15) is 4.79 Å². The number of Topliss-reactive ketones (excluding diaryl/α,β-unsaturated/α-hetero) is 1. The molecule has 0 spiro atoms. The van der Waals surface area contributed by atoms with Gasteiger partial charge in [0.25, 0.3) is 0 Å². The molecular formula is C18H23ClO. The summed E-state index contributed by atoms with van der Waals surface area (Å²) in [6, 6.07) is 7.68. The maximum Gasteiger partial charge on any atom is 0.164 e. The van der Waals surface area contributed by atoms with Crippen LogP contribution in [-0.2, 0) is 4.79 Å². The van der Waals surface area contributed by atoms with Crippen molar-refractivity contribution in [1.29, 1.82) is 0 Å². The quantitative estimate of drug-likeness (QED) is 0.669. The first-order valence-electron chi connectivity index (χ1n) is 7.42. The molecule has 0 heterocycles. The van der Waals surface area contributed by atoms with Crippen LogP contribution in [0.25, 0.3) is 6.08 Å². The molecule has 0 aromatic heterocycles. The van der Waals surface area contributed by atoms with E-state index in [-0.39, 0.29) is 5.41 Å². The Kier molecular flexibility index (Phi) is 4.70. The number of carbonyl (C=O) groups excluding carboxylic acids is 1. The Morgan fingerprint density at radius 2 is 1.95 bits per heavy atom. The SMILES string of the molecule is CC(C)CC1(C)CCCC(=Cc2ccc(Cl)cc2)C1=O. The zero-order valence-electron chi connectivity index (χ0n) is 12.6. The predicted octanol–water partition coefficient (Wildman–Crippen LogP) is 5.53. The molecule has 1 unspecified atom stereocenters. The van der Waals surface area contributed by atoms with Gasteiger partial charge in [0, 0.05) is 10.4 Å². The highest BCUT2D eigenvalue weighted by Gasteiger charge is 2.38. The van der Waals surface area contributed by atoms with Gasteiger partial charge in [-0.3, -0.25) is 4.79 Å². The summed E-state index contributed by atoms with van der Waals surface area (Å²) < 4.78 is 0. The third kappa shape index (κ3) is 3.52. The summed E-state index contributed by atoms with van der Waals surface area (Å²) in [5.41, 5.74) is 1.86. The molecule has 1 fully saturated rings. The Hall–Kier alpha value is -1.08. The van der Waals surface area contributed by atoms with E-state index >= 15 is 0 Å². The van der Waals surface area contributed by atoms with Crippen LogP contribution in [0.4, 0.5) is 0 Å². The average molecular weight is 291 g/mol. The van der Waals surface area contributed by atoms with Crippen molar-refractivity contribution in [3.8, 4) is 0 Å². The van der Waals surface area contributed by atoms with Crippen LogP contribution in [0.5, 0.6) is 0 Å². The average Bonchev–Trinajstić information content (AvgIpc) is 2.37. The first-order valence-corrected chi connectivity index (χ1v) is 7.79. The lowest BCUT2D eigenvalue weighted by Crippen LogP contribution is -2.34. The van der Waals surface area contributed by atoms with Gasteiger partial charge in [0.15, 0.2) is 5.78 Å². The summed E-state index contributed by atoms with van der Waals surface area (Å²) in [5, 5.41) is 0.728. The number of benzene rings is 1.